The summed E-state index contributed by atoms with van der Waals surface area (Å²) in [7, 11) is 0. The number of halogens is 1. The van der Waals surface area contributed by atoms with Gasteiger partial charge >= 0.3 is 0 Å². The van der Waals surface area contributed by atoms with Crippen LogP contribution in [0.5, 0.6) is 0 Å². The summed E-state index contributed by atoms with van der Waals surface area (Å²) >= 11 is 6.99. The van der Waals surface area contributed by atoms with Gasteiger partial charge in [0, 0.05) is 27.5 Å². The summed E-state index contributed by atoms with van der Waals surface area (Å²) < 4.78 is 0. The Morgan fingerprint density at radius 2 is 1.04 bits per heavy atom. The monoisotopic (exact) mass is 597 g/mol. The first-order chi connectivity index (χ1) is 22.0. The Kier molecular flexibility index (Phi) is 6.59. The molecule has 2 heteroatoms. The maximum absolute atomic E-state index is 6.99. The van der Waals surface area contributed by atoms with Crippen LogP contribution in [-0.4, -0.2) is 0 Å². The van der Waals surface area contributed by atoms with Crippen LogP contribution in [0, 0.1) is 0 Å². The topological polar surface area (TPSA) is 3.24 Å². The van der Waals surface area contributed by atoms with Crippen molar-refractivity contribution < 1.29 is 0 Å². The molecule has 0 unspecified atom stereocenters. The second-order valence-electron chi connectivity index (χ2n) is 12.3. The predicted octanol–water partition coefficient (Wildman–Crippen LogP) is 12.6. The Morgan fingerprint density at radius 1 is 0.444 bits per heavy atom. The standard InChI is InChI=1S/C43H32ClN/c1-43(2)40-20-12-11-19-38(40)42-37-18-10-9-17-36(37)39(28-41(42)43)31-25-32(44)27-35(26-31)45(33-15-7-4-8-16-33)34-23-21-30(22-24-34)29-13-5-3-6-14-29/h3-28H,1-2H3. The van der Waals surface area contributed by atoms with Crippen molar-refractivity contribution >= 4 is 39.4 Å². The third-order valence-electron chi connectivity index (χ3n) is 9.29. The van der Waals surface area contributed by atoms with Crippen LogP contribution in [0.25, 0.3) is 44.2 Å². The minimum absolute atomic E-state index is 0.108. The lowest BCUT2D eigenvalue weighted by Crippen LogP contribution is -2.15. The van der Waals surface area contributed by atoms with Crippen LogP contribution in [0.4, 0.5) is 17.1 Å². The quantitative estimate of drug-likeness (QED) is 0.191. The van der Waals surface area contributed by atoms with Crippen LogP contribution in [0.3, 0.4) is 0 Å². The van der Waals surface area contributed by atoms with Gasteiger partial charge in [0.25, 0.3) is 0 Å². The Balaban J connectivity index is 1.31. The lowest BCUT2D eigenvalue weighted by molar-refractivity contribution is 0.661. The molecule has 0 aliphatic heterocycles. The molecule has 0 atom stereocenters. The minimum Gasteiger partial charge on any atom is -0.310 e. The molecule has 1 nitrogen and oxygen atoms in total. The molecule has 0 spiro atoms. The number of hydrogen-bond acceptors (Lipinski definition) is 1. The molecule has 0 heterocycles. The zero-order valence-corrected chi connectivity index (χ0v) is 26.1. The zero-order valence-electron chi connectivity index (χ0n) is 25.3. The summed E-state index contributed by atoms with van der Waals surface area (Å²) in [5, 5.41) is 3.22. The molecular formula is C43H32ClN. The van der Waals surface area contributed by atoms with Gasteiger partial charge in [-0.2, -0.15) is 0 Å². The van der Waals surface area contributed by atoms with E-state index in [1.54, 1.807) is 0 Å². The third-order valence-corrected chi connectivity index (χ3v) is 9.50. The maximum Gasteiger partial charge on any atom is 0.0482 e. The zero-order chi connectivity index (χ0) is 30.5. The fraction of sp³-hybridized carbons (Fsp3) is 0.0698. The van der Waals surface area contributed by atoms with E-state index in [0.29, 0.717) is 5.02 Å². The van der Waals surface area contributed by atoms with Crippen LogP contribution in [0.1, 0.15) is 25.0 Å². The molecule has 0 radical (unpaired) electrons. The molecule has 1 aliphatic carbocycles. The molecule has 45 heavy (non-hydrogen) atoms. The summed E-state index contributed by atoms with van der Waals surface area (Å²) in [6.45, 7) is 4.69. The van der Waals surface area contributed by atoms with E-state index in [1.807, 2.05) is 0 Å². The Labute approximate surface area is 270 Å². The molecule has 1 aliphatic rings. The molecule has 0 saturated carbocycles. The summed E-state index contributed by atoms with van der Waals surface area (Å²) in [4.78, 5) is 2.29. The van der Waals surface area contributed by atoms with Crippen molar-refractivity contribution in [3.63, 3.8) is 0 Å². The fourth-order valence-corrected chi connectivity index (χ4v) is 7.33. The Morgan fingerprint density at radius 3 is 1.80 bits per heavy atom. The molecule has 0 N–H and O–H groups in total. The number of hydrogen-bond donors (Lipinski definition) is 0. The molecule has 7 aromatic carbocycles. The van der Waals surface area contributed by atoms with Gasteiger partial charge in [-0.15, -0.1) is 0 Å². The summed E-state index contributed by atoms with van der Waals surface area (Å²) in [6, 6.07) is 56.3. The average molecular weight is 598 g/mol. The van der Waals surface area contributed by atoms with Gasteiger partial charge in [0.05, 0.1) is 0 Å². The first-order valence-electron chi connectivity index (χ1n) is 15.5. The van der Waals surface area contributed by atoms with Gasteiger partial charge in [0.2, 0.25) is 0 Å². The third kappa shape index (κ3) is 4.63. The molecule has 7 aromatic rings. The SMILES string of the molecule is CC1(C)c2ccccc2-c2c1cc(-c1cc(Cl)cc(N(c3ccccc3)c3ccc(-c4ccccc4)cc3)c1)c1ccccc21. The van der Waals surface area contributed by atoms with Crippen LogP contribution >= 0.6 is 11.6 Å². The minimum atomic E-state index is -0.108. The van der Waals surface area contributed by atoms with Crippen LogP contribution in [0.15, 0.2) is 158 Å². The van der Waals surface area contributed by atoms with E-state index in [-0.39, 0.29) is 5.41 Å². The van der Waals surface area contributed by atoms with Crippen molar-refractivity contribution in [2.45, 2.75) is 19.3 Å². The highest BCUT2D eigenvalue weighted by Crippen LogP contribution is 2.53. The van der Waals surface area contributed by atoms with Crippen LogP contribution < -0.4 is 4.90 Å². The van der Waals surface area contributed by atoms with Crippen molar-refractivity contribution in [1.29, 1.82) is 0 Å². The van der Waals surface area contributed by atoms with E-state index in [0.717, 1.165) is 22.6 Å². The molecule has 0 fully saturated rings. The second kappa shape index (κ2) is 10.8. The predicted molar refractivity (Wildman–Crippen MR) is 192 cm³/mol. The highest BCUT2D eigenvalue weighted by Gasteiger charge is 2.37. The van der Waals surface area contributed by atoms with Crippen molar-refractivity contribution in [1.82, 2.24) is 0 Å². The number of rotatable bonds is 5. The number of para-hydroxylation sites is 1. The van der Waals surface area contributed by atoms with Crippen molar-refractivity contribution in [3.8, 4) is 33.4 Å². The second-order valence-corrected chi connectivity index (χ2v) is 12.8. The lowest BCUT2D eigenvalue weighted by atomic mass is 9.80. The lowest BCUT2D eigenvalue weighted by Gasteiger charge is -2.27. The number of fused-ring (bicyclic) bond motifs is 5. The largest absolute Gasteiger partial charge is 0.310 e. The molecule has 216 valence electrons. The van der Waals surface area contributed by atoms with Gasteiger partial charge in [-0.25, -0.2) is 0 Å². The summed E-state index contributed by atoms with van der Waals surface area (Å²) in [5.74, 6) is 0. The normalized spacial score (nSPS) is 13.0. The number of nitrogens with zero attached hydrogens (tertiary/aromatic N) is 1. The van der Waals surface area contributed by atoms with Crippen molar-refractivity contribution in [2.24, 2.45) is 0 Å². The first-order valence-corrected chi connectivity index (χ1v) is 15.8. The molecular weight excluding hydrogens is 566 g/mol. The van der Waals surface area contributed by atoms with Crippen LogP contribution in [-0.2, 0) is 5.41 Å². The molecule has 0 aromatic heterocycles. The van der Waals surface area contributed by atoms with Gasteiger partial charge in [-0.1, -0.05) is 135 Å². The van der Waals surface area contributed by atoms with Gasteiger partial charge in [0.15, 0.2) is 0 Å². The van der Waals surface area contributed by atoms with Crippen molar-refractivity contribution in [3.05, 3.63) is 174 Å². The number of anilines is 3. The maximum atomic E-state index is 6.99. The van der Waals surface area contributed by atoms with Gasteiger partial charge in [-0.05, 0) is 104 Å². The smallest absolute Gasteiger partial charge is 0.0482 e. The van der Waals surface area contributed by atoms with Gasteiger partial charge in [0.1, 0.15) is 0 Å². The Bertz CT molecular complexity index is 2180. The van der Waals surface area contributed by atoms with Gasteiger partial charge in [-0.3, -0.25) is 0 Å². The van der Waals surface area contributed by atoms with E-state index in [2.05, 4.69) is 176 Å². The fourth-order valence-electron chi connectivity index (χ4n) is 7.11. The van der Waals surface area contributed by atoms with Crippen LogP contribution in [0.2, 0.25) is 5.02 Å². The summed E-state index contributed by atoms with van der Waals surface area (Å²) in [6.07, 6.45) is 0. The average Bonchev–Trinajstić information content (AvgIpc) is 3.32. The highest BCUT2D eigenvalue weighted by atomic mass is 35.5. The van der Waals surface area contributed by atoms with E-state index >= 15 is 0 Å². The number of benzene rings is 7. The highest BCUT2D eigenvalue weighted by molar-refractivity contribution is 6.31. The molecule has 0 amide bonds. The van der Waals surface area contributed by atoms with E-state index in [9.17, 15) is 0 Å². The first kappa shape index (κ1) is 27.4. The van der Waals surface area contributed by atoms with Gasteiger partial charge < -0.3 is 4.90 Å². The molecule has 0 saturated heterocycles. The molecule has 0 bridgehead atoms. The molecule has 8 rings (SSSR count). The van der Waals surface area contributed by atoms with Crippen molar-refractivity contribution in [2.75, 3.05) is 4.90 Å². The van der Waals surface area contributed by atoms with E-state index in [4.69, 9.17) is 11.6 Å². The Hall–Kier alpha value is -5.11. The van der Waals surface area contributed by atoms with E-state index in [1.165, 1.54) is 49.7 Å². The van der Waals surface area contributed by atoms with E-state index < -0.39 is 0 Å². The summed E-state index contributed by atoms with van der Waals surface area (Å²) in [5.41, 5.74) is 13.2.